The van der Waals surface area contributed by atoms with E-state index in [0.29, 0.717) is 17.0 Å². The van der Waals surface area contributed by atoms with Gasteiger partial charge >= 0.3 is 0 Å². The minimum absolute atomic E-state index is 0.0156. The van der Waals surface area contributed by atoms with Gasteiger partial charge in [0.05, 0.1) is 28.3 Å². The second-order valence-corrected chi connectivity index (χ2v) is 8.93. The van der Waals surface area contributed by atoms with Gasteiger partial charge in [-0.25, -0.2) is 13.8 Å². The van der Waals surface area contributed by atoms with Gasteiger partial charge in [0.25, 0.3) is 21.6 Å². The van der Waals surface area contributed by atoms with Gasteiger partial charge < -0.3 is 4.74 Å². The van der Waals surface area contributed by atoms with Crippen molar-refractivity contribution in [1.29, 1.82) is 0 Å². The number of ether oxygens (including phenoxy) is 1. The molecule has 0 saturated heterocycles. The van der Waals surface area contributed by atoms with Crippen molar-refractivity contribution in [3.63, 3.8) is 0 Å². The van der Waals surface area contributed by atoms with Gasteiger partial charge in [-0.1, -0.05) is 36.4 Å². The lowest BCUT2D eigenvalue weighted by Gasteiger charge is -2.24. The summed E-state index contributed by atoms with van der Waals surface area (Å²) in [5.41, 5.74) is 3.20. The van der Waals surface area contributed by atoms with E-state index in [1.54, 1.807) is 49.4 Å². The number of hydrazone groups is 1. The first-order valence-corrected chi connectivity index (χ1v) is 11.5. The number of methoxy groups -OCH3 is 1. The summed E-state index contributed by atoms with van der Waals surface area (Å²) < 4.78 is 32.8. The highest BCUT2D eigenvalue weighted by Crippen LogP contribution is 2.26. The van der Waals surface area contributed by atoms with Crippen molar-refractivity contribution in [3.05, 3.63) is 94.5 Å². The Hall–Kier alpha value is -4.25. The highest BCUT2D eigenvalue weighted by molar-refractivity contribution is 7.92. The van der Waals surface area contributed by atoms with Crippen LogP contribution in [0.2, 0.25) is 0 Å². The van der Waals surface area contributed by atoms with Crippen LogP contribution in [0.15, 0.2) is 88.9 Å². The van der Waals surface area contributed by atoms with E-state index >= 15 is 0 Å². The monoisotopic (exact) mass is 482 g/mol. The maximum Gasteiger partial charge on any atom is 0.270 e. The van der Waals surface area contributed by atoms with Crippen LogP contribution in [-0.2, 0) is 14.8 Å². The van der Waals surface area contributed by atoms with Gasteiger partial charge in [-0.15, -0.1) is 0 Å². The summed E-state index contributed by atoms with van der Waals surface area (Å²) in [7, 11) is -2.63. The Balaban J connectivity index is 1.87. The molecule has 3 aromatic rings. The Morgan fingerprint density at radius 3 is 2.44 bits per heavy atom. The SMILES string of the molecule is COc1cccc(N(CC(=O)N/N=C(/C)c2cccc([N+](=O)[O-])c2)S(=O)(=O)c2ccccc2)c1. The molecule has 0 saturated carbocycles. The van der Waals surface area contributed by atoms with Crippen LogP contribution in [-0.4, -0.2) is 38.6 Å². The molecule has 0 bridgehead atoms. The summed E-state index contributed by atoms with van der Waals surface area (Å²) in [6, 6.07) is 19.8. The molecule has 0 atom stereocenters. The lowest BCUT2D eigenvalue weighted by atomic mass is 10.1. The van der Waals surface area contributed by atoms with Crippen molar-refractivity contribution >= 4 is 33.0 Å². The molecular weight excluding hydrogens is 460 g/mol. The molecule has 0 aromatic heterocycles. The van der Waals surface area contributed by atoms with Crippen LogP contribution in [0.1, 0.15) is 12.5 Å². The second kappa shape index (κ2) is 10.6. The number of hydrogen-bond donors (Lipinski definition) is 1. The van der Waals surface area contributed by atoms with Crippen LogP contribution in [0.3, 0.4) is 0 Å². The van der Waals surface area contributed by atoms with Gasteiger partial charge in [0.2, 0.25) is 0 Å². The second-order valence-electron chi connectivity index (χ2n) is 7.07. The summed E-state index contributed by atoms with van der Waals surface area (Å²) in [5.74, 6) is -0.280. The Kier molecular flexibility index (Phi) is 7.59. The predicted molar refractivity (Wildman–Crippen MR) is 127 cm³/mol. The van der Waals surface area contributed by atoms with Crippen molar-refractivity contribution in [3.8, 4) is 5.75 Å². The van der Waals surface area contributed by atoms with Gasteiger partial charge in [0.15, 0.2) is 0 Å². The number of non-ortho nitro benzene ring substituents is 1. The molecule has 0 radical (unpaired) electrons. The first-order valence-electron chi connectivity index (χ1n) is 10.0. The molecule has 0 aliphatic rings. The molecule has 0 unspecified atom stereocenters. The fourth-order valence-electron chi connectivity index (χ4n) is 3.02. The number of nitrogens with one attached hydrogen (secondary N) is 1. The minimum atomic E-state index is -4.09. The molecular formula is C23H22N4O6S. The summed E-state index contributed by atoms with van der Waals surface area (Å²) in [6.07, 6.45) is 0. The van der Waals surface area contributed by atoms with Crippen LogP contribution in [0.5, 0.6) is 5.75 Å². The number of nitro groups is 1. The van der Waals surface area contributed by atoms with Crippen LogP contribution >= 0.6 is 0 Å². The number of carbonyl (C=O) groups is 1. The number of benzene rings is 3. The first-order chi connectivity index (χ1) is 16.2. The molecule has 0 fully saturated rings. The number of nitro benzene ring substituents is 1. The van der Waals surface area contributed by atoms with Crippen LogP contribution in [0.25, 0.3) is 0 Å². The topological polar surface area (TPSA) is 131 Å². The summed E-state index contributed by atoms with van der Waals surface area (Å²) >= 11 is 0. The average Bonchev–Trinajstić information content (AvgIpc) is 2.86. The van der Waals surface area contributed by atoms with Crippen molar-refractivity contribution in [1.82, 2.24) is 5.43 Å². The molecule has 1 N–H and O–H groups in total. The molecule has 10 nitrogen and oxygen atoms in total. The number of rotatable bonds is 9. The summed E-state index contributed by atoms with van der Waals surface area (Å²) in [6.45, 7) is 1.01. The molecule has 1 amide bonds. The lowest BCUT2D eigenvalue weighted by molar-refractivity contribution is -0.384. The fraction of sp³-hybridized carbons (Fsp3) is 0.130. The number of nitrogens with zero attached hydrogens (tertiary/aromatic N) is 3. The fourth-order valence-corrected chi connectivity index (χ4v) is 4.46. The number of amides is 1. The smallest absolute Gasteiger partial charge is 0.270 e. The van der Waals surface area contributed by atoms with E-state index in [1.807, 2.05) is 0 Å². The van der Waals surface area contributed by atoms with E-state index in [-0.39, 0.29) is 16.3 Å². The predicted octanol–water partition coefficient (Wildman–Crippen LogP) is 3.34. The Morgan fingerprint density at radius 2 is 1.76 bits per heavy atom. The van der Waals surface area contributed by atoms with E-state index in [2.05, 4.69) is 10.5 Å². The van der Waals surface area contributed by atoms with E-state index in [4.69, 9.17) is 4.74 Å². The largest absolute Gasteiger partial charge is 0.497 e. The quantitative estimate of drug-likeness (QED) is 0.283. The number of sulfonamides is 1. The van der Waals surface area contributed by atoms with E-state index in [9.17, 15) is 23.3 Å². The standard InChI is InChI=1S/C23H22N4O6S/c1-17(18-8-6-10-20(14-18)27(29)30)24-25-23(28)16-26(19-9-7-11-21(15-19)33-2)34(31,32)22-12-4-3-5-13-22/h3-15H,16H2,1-2H3,(H,25,28)/b24-17-. The number of carbonyl (C=O) groups excluding carboxylic acids is 1. The van der Waals surface area contributed by atoms with Gasteiger partial charge in [-0.2, -0.15) is 5.10 Å². The molecule has 11 heteroatoms. The first kappa shape index (κ1) is 24.4. The highest BCUT2D eigenvalue weighted by Gasteiger charge is 2.27. The van der Waals surface area contributed by atoms with E-state index in [1.165, 1.54) is 43.5 Å². The van der Waals surface area contributed by atoms with Crippen molar-refractivity contribution in [2.24, 2.45) is 5.10 Å². The lowest BCUT2D eigenvalue weighted by Crippen LogP contribution is -2.39. The van der Waals surface area contributed by atoms with Crippen LogP contribution < -0.4 is 14.5 Å². The Labute approximate surface area is 196 Å². The molecule has 0 spiro atoms. The highest BCUT2D eigenvalue weighted by atomic mass is 32.2. The zero-order chi connectivity index (χ0) is 24.7. The Bertz CT molecular complexity index is 1330. The van der Waals surface area contributed by atoms with Gasteiger partial charge in [0.1, 0.15) is 12.3 Å². The number of hydrogen-bond acceptors (Lipinski definition) is 7. The van der Waals surface area contributed by atoms with Crippen LogP contribution in [0, 0.1) is 10.1 Å². The van der Waals surface area contributed by atoms with Gasteiger partial charge in [-0.05, 0) is 31.2 Å². The zero-order valence-electron chi connectivity index (χ0n) is 18.4. The van der Waals surface area contributed by atoms with Crippen molar-refractivity contribution in [2.45, 2.75) is 11.8 Å². The zero-order valence-corrected chi connectivity index (χ0v) is 19.2. The molecule has 0 heterocycles. The third-order valence-electron chi connectivity index (χ3n) is 4.78. The number of anilines is 1. The normalized spacial score (nSPS) is 11.5. The van der Waals surface area contributed by atoms with Crippen LogP contribution in [0.4, 0.5) is 11.4 Å². The third kappa shape index (κ3) is 5.75. The van der Waals surface area contributed by atoms with Crippen molar-refractivity contribution in [2.75, 3.05) is 18.0 Å². The van der Waals surface area contributed by atoms with Gasteiger partial charge in [0, 0.05) is 23.8 Å². The summed E-state index contributed by atoms with van der Waals surface area (Å²) in [4.78, 5) is 23.2. The molecule has 34 heavy (non-hydrogen) atoms. The third-order valence-corrected chi connectivity index (χ3v) is 6.57. The molecule has 176 valence electrons. The Morgan fingerprint density at radius 1 is 1.06 bits per heavy atom. The maximum atomic E-state index is 13.3. The average molecular weight is 483 g/mol. The van der Waals surface area contributed by atoms with E-state index < -0.39 is 27.4 Å². The minimum Gasteiger partial charge on any atom is -0.497 e. The maximum absolute atomic E-state index is 13.3. The molecule has 0 aliphatic carbocycles. The molecule has 0 aliphatic heterocycles. The molecule has 3 aromatic carbocycles. The summed E-state index contributed by atoms with van der Waals surface area (Å²) in [5, 5.41) is 15.0. The van der Waals surface area contributed by atoms with Crippen molar-refractivity contribution < 1.29 is 22.9 Å². The molecule has 3 rings (SSSR count). The van der Waals surface area contributed by atoms with E-state index in [0.717, 1.165) is 4.31 Å². The van der Waals surface area contributed by atoms with Gasteiger partial charge in [-0.3, -0.25) is 19.2 Å².